The predicted octanol–water partition coefficient (Wildman–Crippen LogP) is 2.96. The zero-order valence-corrected chi connectivity index (χ0v) is 17.3. The van der Waals surface area contributed by atoms with Crippen molar-refractivity contribution in [1.82, 2.24) is 5.06 Å². The summed E-state index contributed by atoms with van der Waals surface area (Å²) in [5.41, 5.74) is 1.54. The van der Waals surface area contributed by atoms with Gasteiger partial charge < -0.3 is 19.0 Å². The molecule has 2 aromatic carbocycles. The average Bonchev–Trinajstić information content (AvgIpc) is 3.18. The van der Waals surface area contributed by atoms with Crippen molar-refractivity contribution in [3.63, 3.8) is 0 Å². The highest BCUT2D eigenvalue weighted by molar-refractivity contribution is 6.00. The van der Waals surface area contributed by atoms with E-state index in [-0.39, 0.29) is 24.5 Å². The van der Waals surface area contributed by atoms with Crippen molar-refractivity contribution < 1.29 is 33.0 Å². The number of nitrogens with zero attached hydrogens (tertiary/aromatic N) is 1. The first-order chi connectivity index (χ1) is 15.1. The third-order valence-electron chi connectivity index (χ3n) is 4.83. The molecule has 3 rings (SSSR count). The topological polar surface area (TPSA) is 74.3 Å². The minimum Gasteiger partial charge on any atom is -0.466 e. The van der Waals surface area contributed by atoms with Gasteiger partial charge in [-0.15, -0.1) is 5.06 Å². The maximum Gasteiger partial charge on any atom is 0.376 e. The number of carbonyl (C=O) groups is 2. The molecule has 0 saturated carbocycles. The van der Waals surface area contributed by atoms with Gasteiger partial charge in [-0.1, -0.05) is 60.7 Å². The SMILES string of the molecule is COC(=O)C1=C(C(=O)OC)[C@H]([C@H](CF)OCc2ccccc2)N(Cc2ccccc2)O1. The van der Waals surface area contributed by atoms with Crippen LogP contribution in [0, 0.1) is 0 Å². The summed E-state index contributed by atoms with van der Waals surface area (Å²) >= 11 is 0. The first-order valence-electron chi connectivity index (χ1n) is 9.69. The van der Waals surface area contributed by atoms with E-state index in [9.17, 15) is 14.0 Å². The fraction of sp³-hybridized carbons (Fsp3) is 0.304. The summed E-state index contributed by atoms with van der Waals surface area (Å²) in [5.74, 6) is -2.01. The Morgan fingerprint density at radius 2 is 1.55 bits per heavy atom. The van der Waals surface area contributed by atoms with Gasteiger partial charge in [-0.25, -0.2) is 14.0 Å². The smallest absolute Gasteiger partial charge is 0.376 e. The quantitative estimate of drug-likeness (QED) is 0.568. The fourth-order valence-electron chi connectivity index (χ4n) is 3.33. The number of ether oxygens (including phenoxy) is 3. The maximum atomic E-state index is 14.2. The molecule has 0 fully saturated rings. The first kappa shape index (κ1) is 22.5. The van der Waals surface area contributed by atoms with Crippen LogP contribution in [0.4, 0.5) is 4.39 Å². The minimum absolute atomic E-state index is 0.118. The Hall–Kier alpha value is -3.23. The van der Waals surface area contributed by atoms with Gasteiger partial charge in [0, 0.05) is 0 Å². The summed E-state index contributed by atoms with van der Waals surface area (Å²) < 4.78 is 29.6. The Kier molecular flexibility index (Phi) is 7.75. The zero-order chi connectivity index (χ0) is 22.2. The number of benzene rings is 2. The molecule has 0 aliphatic carbocycles. The van der Waals surface area contributed by atoms with Crippen molar-refractivity contribution in [1.29, 1.82) is 0 Å². The number of rotatable bonds is 9. The molecule has 0 N–H and O–H groups in total. The number of methoxy groups -OCH3 is 2. The lowest BCUT2D eigenvalue weighted by Crippen LogP contribution is -2.44. The molecular weight excluding hydrogens is 405 g/mol. The molecule has 0 amide bonds. The van der Waals surface area contributed by atoms with E-state index in [1.54, 1.807) is 0 Å². The van der Waals surface area contributed by atoms with Crippen LogP contribution in [0.3, 0.4) is 0 Å². The van der Waals surface area contributed by atoms with Crippen LogP contribution in [0.25, 0.3) is 0 Å². The highest BCUT2D eigenvalue weighted by Gasteiger charge is 2.47. The van der Waals surface area contributed by atoms with E-state index in [0.29, 0.717) is 0 Å². The lowest BCUT2D eigenvalue weighted by atomic mass is 10.00. The van der Waals surface area contributed by atoms with Gasteiger partial charge in [-0.2, -0.15) is 0 Å². The minimum atomic E-state index is -1.10. The van der Waals surface area contributed by atoms with Crippen molar-refractivity contribution in [2.24, 2.45) is 0 Å². The Morgan fingerprint density at radius 3 is 2.10 bits per heavy atom. The molecule has 2 atom stereocenters. The normalized spacial score (nSPS) is 17.2. The Labute approximate surface area is 179 Å². The molecule has 1 heterocycles. The van der Waals surface area contributed by atoms with Gasteiger partial charge in [-0.05, 0) is 11.1 Å². The van der Waals surface area contributed by atoms with Crippen molar-refractivity contribution >= 4 is 11.9 Å². The lowest BCUT2D eigenvalue weighted by molar-refractivity contribution is -0.175. The predicted molar refractivity (Wildman–Crippen MR) is 109 cm³/mol. The molecule has 164 valence electrons. The fourth-order valence-corrected chi connectivity index (χ4v) is 3.33. The summed E-state index contributed by atoms with van der Waals surface area (Å²) in [6.45, 7) is -0.619. The molecule has 0 radical (unpaired) electrons. The van der Waals surface area contributed by atoms with Gasteiger partial charge >= 0.3 is 11.9 Å². The van der Waals surface area contributed by atoms with Crippen molar-refractivity contribution in [3.8, 4) is 0 Å². The summed E-state index contributed by atoms with van der Waals surface area (Å²) in [4.78, 5) is 30.6. The zero-order valence-electron chi connectivity index (χ0n) is 17.3. The van der Waals surface area contributed by atoms with Crippen LogP contribution < -0.4 is 0 Å². The molecule has 0 unspecified atom stereocenters. The van der Waals surface area contributed by atoms with Crippen LogP contribution in [-0.4, -0.2) is 50.0 Å². The molecule has 0 aromatic heterocycles. The second kappa shape index (κ2) is 10.7. The van der Waals surface area contributed by atoms with E-state index >= 15 is 0 Å². The van der Waals surface area contributed by atoms with Gasteiger partial charge in [0.05, 0.1) is 27.4 Å². The molecule has 31 heavy (non-hydrogen) atoms. The number of alkyl halides is 1. The Balaban J connectivity index is 1.94. The number of esters is 2. The third-order valence-corrected chi connectivity index (χ3v) is 4.83. The second-order valence-electron chi connectivity index (χ2n) is 6.81. The number of hydrogen-bond donors (Lipinski definition) is 0. The average molecular weight is 429 g/mol. The summed E-state index contributed by atoms with van der Waals surface area (Å²) in [6.07, 6.45) is -1.10. The molecule has 2 aromatic rings. The molecule has 7 nitrogen and oxygen atoms in total. The Bertz CT molecular complexity index is 918. The number of hydrogen-bond acceptors (Lipinski definition) is 7. The first-order valence-corrected chi connectivity index (χ1v) is 9.69. The van der Waals surface area contributed by atoms with Gasteiger partial charge in [0.2, 0.25) is 5.76 Å². The summed E-state index contributed by atoms with van der Waals surface area (Å²) in [6, 6.07) is 17.5. The summed E-state index contributed by atoms with van der Waals surface area (Å²) in [7, 11) is 2.34. The van der Waals surface area contributed by atoms with E-state index in [4.69, 9.17) is 19.0 Å². The van der Waals surface area contributed by atoms with Gasteiger partial charge in [0.25, 0.3) is 0 Å². The second-order valence-corrected chi connectivity index (χ2v) is 6.81. The van der Waals surface area contributed by atoms with E-state index in [1.807, 2.05) is 60.7 Å². The third kappa shape index (κ3) is 5.28. The Morgan fingerprint density at radius 1 is 0.968 bits per heavy atom. The van der Waals surface area contributed by atoms with E-state index in [0.717, 1.165) is 11.1 Å². The largest absolute Gasteiger partial charge is 0.466 e. The number of carbonyl (C=O) groups excluding carboxylic acids is 2. The van der Waals surface area contributed by atoms with Gasteiger partial charge in [-0.3, -0.25) is 0 Å². The van der Waals surface area contributed by atoms with Crippen molar-refractivity contribution in [2.75, 3.05) is 20.9 Å². The highest BCUT2D eigenvalue weighted by Crippen LogP contribution is 2.33. The molecule has 1 aliphatic heterocycles. The van der Waals surface area contributed by atoms with Crippen LogP contribution in [-0.2, 0) is 41.8 Å². The van der Waals surface area contributed by atoms with E-state index in [2.05, 4.69) is 0 Å². The monoisotopic (exact) mass is 429 g/mol. The molecule has 8 heteroatoms. The molecule has 1 aliphatic rings. The standard InChI is InChI=1S/C23H24FNO6/c1-28-22(26)19-20(18(13-24)30-15-17-11-7-4-8-12-17)25(31-21(19)23(27)29-2)14-16-9-5-3-6-10-16/h3-12,18,20H,13-15H2,1-2H3/t18-,20-/m0/s1. The van der Waals surface area contributed by atoms with Crippen LogP contribution >= 0.6 is 0 Å². The van der Waals surface area contributed by atoms with E-state index in [1.165, 1.54) is 19.3 Å². The van der Waals surface area contributed by atoms with Crippen molar-refractivity contribution in [2.45, 2.75) is 25.3 Å². The van der Waals surface area contributed by atoms with Crippen LogP contribution in [0.1, 0.15) is 11.1 Å². The van der Waals surface area contributed by atoms with E-state index < -0.39 is 30.8 Å². The van der Waals surface area contributed by atoms with Crippen LogP contribution in [0.5, 0.6) is 0 Å². The van der Waals surface area contributed by atoms with Crippen molar-refractivity contribution in [3.05, 3.63) is 83.1 Å². The van der Waals surface area contributed by atoms with Gasteiger partial charge in [0.1, 0.15) is 24.4 Å². The van der Waals surface area contributed by atoms with Crippen LogP contribution in [0.2, 0.25) is 0 Å². The number of hydroxylamine groups is 2. The molecule has 0 bridgehead atoms. The van der Waals surface area contributed by atoms with Gasteiger partial charge in [0.15, 0.2) is 0 Å². The number of halogens is 1. The highest BCUT2D eigenvalue weighted by atomic mass is 19.1. The summed E-state index contributed by atoms with van der Waals surface area (Å²) in [5, 5.41) is 1.35. The molecular formula is C23H24FNO6. The molecule has 0 spiro atoms. The molecule has 0 saturated heterocycles. The lowest BCUT2D eigenvalue weighted by Gasteiger charge is -2.29. The maximum absolute atomic E-state index is 14.2. The van der Waals surface area contributed by atoms with Crippen LogP contribution in [0.15, 0.2) is 72.0 Å².